The molecular formula is C19H28N2O2. The van der Waals surface area contributed by atoms with E-state index in [0.717, 1.165) is 19.3 Å². The van der Waals surface area contributed by atoms with E-state index in [4.69, 9.17) is 0 Å². The van der Waals surface area contributed by atoms with Crippen molar-refractivity contribution in [2.75, 3.05) is 7.05 Å². The lowest BCUT2D eigenvalue weighted by molar-refractivity contribution is -0.129. The monoisotopic (exact) mass is 316 g/mol. The molecule has 1 heterocycles. The predicted octanol–water partition coefficient (Wildman–Crippen LogP) is 3.53. The largest absolute Gasteiger partial charge is 0.323 e. The maximum Gasteiger partial charge on any atom is 0.256 e. The molecular weight excluding hydrogens is 288 g/mol. The second-order valence-electron chi connectivity index (χ2n) is 7.43. The van der Waals surface area contributed by atoms with Crippen LogP contribution in [-0.2, 0) is 4.79 Å². The Hall–Kier alpha value is -1.84. The first kappa shape index (κ1) is 17.5. The van der Waals surface area contributed by atoms with Gasteiger partial charge in [-0.1, -0.05) is 58.7 Å². The molecule has 0 saturated carbocycles. The van der Waals surface area contributed by atoms with Gasteiger partial charge in [-0.2, -0.15) is 0 Å². The van der Waals surface area contributed by atoms with Crippen molar-refractivity contribution in [1.29, 1.82) is 0 Å². The molecule has 0 aliphatic carbocycles. The molecule has 0 aromatic heterocycles. The summed E-state index contributed by atoms with van der Waals surface area (Å²) < 4.78 is 0. The second-order valence-corrected chi connectivity index (χ2v) is 7.43. The van der Waals surface area contributed by atoms with E-state index in [9.17, 15) is 9.59 Å². The number of carbonyl (C=O) groups excluding carboxylic acids is 2. The fourth-order valence-corrected chi connectivity index (χ4v) is 3.47. The molecule has 0 N–H and O–H groups in total. The van der Waals surface area contributed by atoms with Gasteiger partial charge in [0.2, 0.25) is 5.91 Å². The number of hydrogen-bond acceptors (Lipinski definition) is 2. The summed E-state index contributed by atoms with van der Waals surface area (Å²) in [6, 6.07) is 8.92. The average Bonchev–Trinajstić information content (AvgIpc) is 2.77. The molecule has 0 radical (unpaired) electrons. The molecule has 1 aromatic carbocycles. The van der Waals surface area contributed by atoms with E-state index in [2.05, 4.69) is 27.7 Å². The molecule has 1 aliphatic heterocycles. The number of amides is 2. The summed E-state index contributed by atoms with van der Waals surface area (Å²) in [4.78, 5) is 29.4. The van der Waals surface area contributed by atoms with Crippen molar-refractivity contribution in [3.63, 3.8) is 0 Å². The standard InChI is InChI=1S/C19H28N2O2/c1-6-7-13-15-17(23)20(5)18(19(2,3)4)21(15)16(22)14-11-9-8-10-12-14/h8-12,15,18H,6-7,13H2,1-5H3. The molecule has 1 fully saturated rings. The molecule has 2 atom stereocenters. The van der Waals surface area contributed by atoms with Crippen LogP contribution in [0.3, 0.4) is 0 Å². The van der Waals surface area contributed by atoms with Crippen LogP contribution in [0.4, 0.5) is 0 Å². The maximum absolute atomic E-state index is 13.1. The van der Waals surface area contributed by atoms with Crippen LogP contribution in [0.5, 0.6) is 0 Å². The summed E-state index contributed by atoms with van der Waals surface area (Å²) in [5.74, 6) is 0.00647. The molecule has 23 heavy (non-hydrogen) atoms. The Morgan fingerprint density at radius 3 is 2.30 bits per heavy atom. The van der Waals surface area contributed by atoms with E-state index in [0.29, 0.717) is 5.56 Å². The van der Waals surface area contributed by atoms with Crippen LogP contribution in [0.25, 0.3) is 0 Å². The summed E-state index contributed by atoms with van der Waals surface area (Å²) in [6.07, 6.45) is 2.47. The molecule has 4 heteroatoms. The van der Waals surface area contributed by atoms with Crippen LogP contribution < -0.4 is 0 Å². The van der Waals surface area contributed by atoms with Crippen LogP contribution in [0.15, 0.2) is 30.3 Å². The number of hydrogen-bond donors (Lipinski definition) is 0. The van der Waals surface area contributed by atoms with Crippen molar-refractivity contribution >= 4 is 11.8 Å². The molecule has 4 nitrogen and oxygen atoms in total. The molecule has 0 spiro atoms. The molecule has 2 rings (SSSR count). The summed E-state index contributed by atoms with van der Waals surface area (Å²) in [5.41, 5.74) is 0.446. The number of rotatable bonds is 4. The highest BCUT2D eigenvalue weighted by Crippen LogP contribution is 2.36. The Bertz CT molecular complexity index is 562. The third-order valence-electron chi connectivity index (χ3n) is 4.46. The first-order valence-corrected chi connectivity index (χ1v) is 8.43. The van der Waals surface area contributed by atoms with Crippen LogP contribution in [0, 0.1) is 5.41 Å². The summed E-state index contributed by atoms with van der Waals surface area (Å²) in [6.45, 7) is 8.34. The van der Waals surface area contributed by atoms with Gasteiger partial charge in [0, 0.05) is 18.0 Å². The lowest BCUT2D eigenvalue weighted by atomic mass is 9.90. The normalized spacial score (nSPS) is 21.9. The van der Waals surface area contributed by atoms with Gasteiger partial charge >= 0.3 is 0 Å². The summed E-state index contributed by atoms with van der Waals surface area (Å²) in [5, 5.41) is 0. The van der Waals surface area contributed by atoms with Gasteiger partial charge in [-0.3, -0.25) is 9.59 Å². The molecule has 126 valence electrons. The Labute approximate surface area is 139 Å². The van der Waals surface area contributed by atoms with Crippen molar-refractivity contribution < 1.29 is 9.59 Å². The smallest absolute Gasteiger partial charge is 0.256 e. The minimum absolute atomic E-state index is 0.0515. The number of likely N-dealkylation sites (N-methyl/N-ethyl adjacent to an activating group) is 1. The number of benzene rings is 1. The predicted molar refractivity (Wildman–Crippen MR) is 91.9 cm³/mol. The van der Waals surface area contributed by atoms with E-state index < -0.39 is 0 Å². The zero-order chi connectivity index (χ0) is 17.2. The quantitative estimate of drug-likeness (QED) is 0.852. The van der Waals surface area contributed by atoms with Crippen molar-refractivity contribution in [3.8, 4) is 0 Å². The fourth-order valence-electron chi connectivity index (χ4n) is 3.47. The van der Waals surface area contributed by atoms with Crippen LogP contribution >= 0.6 is 0 Å². The highest BCUT2D eigenvalue weighted by Gasteiger charge is 2.50. The van der Waals surface area contributed by atoms with Crippen LogP contribution in [-0.4, -0.2) is 40.9 Å². The zero-order valence-corrected chi connectivity index (χ0v) is 14.9. The Morgan fingerprint density at radius 1 is 1.17 bits per heavy atom. The van der Waals surface area contributed by atoms with Gasteiger partial charge in [0.25, 0.3) is 5.91 Å². The molecule has 2 unspecified atom stereocenters. The van der Waals surface area contributed by atoms with Gasteiger partial charge in [0.05, 0.1) is 0 Å². The number of carbonyl (C=O) groups is 2. The molecule has 0 bridgehead atoms. The minimum atomic E-state index is -0.350. The second kappa shape index (κ2) is 6.73. The molecule has 1 aromatic rings. The van der Waals surface area contributed by atoms with E-state index in [1.165, 1.54) is 0 Å². The Morgan fingerprint density at radius 2 is 1.78 bits per heavy atom. The van der Waals surface area contributed by atoms with E-state index in [1.54, 1.807) is 4.90 Å². The lowest BCUT2D eigenvalue weighted by Crippen LogP contribution is -2.50. The lowest BCUT2D eigenvalue weighted by Gasteiger charge is -2.39. The highest BCUT2D eigenvalue weighted by molar-refractivity contribution is 5.99. The van der Waals surface area contributed by atoms with Gasteiger partial charge in [0.15, 0.2) is 0 Å². The van der Waals surface area contributed by atoms with Gasteiger partial charge < -0.3 is 9.80 Å². The average molecular weight is 316 g/mol. The number of unbranched alkanes of at least 4 members (excludes halogenated alkanes) is 1. The van der Waals surface area contributed by atoms with Crippen molar-refractivity contribution in [3.05, 3.63) is 35.9 Å². The highest BCUT2D eigenvalue weighted by atomic mass is 16.2. The third kappa shape index (κ3) is 3.41. The molecule has 1 saturated heterocycles. The SMILES string of the molecule is CCCCC1C(=O)N(C)C(C(C)(C)C)N1C(=O)c1ccccc1. The topological polar surface area (TPSA) is 40.6 Å². The van der Waals surface area contributed by atoms with Crippen molar-refractivity contribution in [1.82, 2.24) is 9.80 Å². The zero-order valence-electron chi connectivity index (χ0n) is 14.9. The van der Waals surface area contributed by atoms with Gasteiger partial charge in [0.1, 0.15) is 12.2 Å². The Balaban J connectivity index is 2.42. The van der Waals surface area contributed by atoms with Gasteiger partial charge in [-0.25, -0.2) is 0 Å². The van der Waals surface area contributed by atoms with Crippen molar-refractivity contribution in [2.24, 2.45) is 5.41 Å². The summed E-state index contributed by atoms with van der Waals surface area (Å²) >= 11 is 0. The van der Waals surface area contributed by atoms with E-state index >= 15 is 0 Å². The van der Waals surface area contributed by atoms with Gasteiger partial charge in [-0.15, -0.1) is 0 Å². The maximum atomic E-state index is 13.1. The van der Waals surface area contributed by atoms with Crippen LogP contribution in [0.1, 0.15) is 57.3 Å². The van der Waals surface area contributed by atoms with E-state index in [1.807, 2.05) is 42.3 Å². The number of nitrogens with zero attached hydrogens (tertiary/aromatic N) is 2. The van der Waals surface area contributed by atoms with Crippen molar-refractivity contribution in [2.45, 2.75) is 59.2 Å². The minimum Gasteiger partial charge on any atom is -0.323 e. The first-order valence-electron chi connectivity index (χ1n) is 8.43. The van der Waals surface area contributed by atoms with Gasteiger partial charge in [-0.05, 0) is 18.6 Å². The Kier molecular flexibility index (Phi) is 5.12. The first-order chi connectivity index (χ1) is 10.8. The third-order valence-corrected chi connectivity index (χ3v) is 4.46. The van der Waals surface area contributed by atoms with Crippen LogP contribution in [0.2, 0.25) is 0 Å². The summed E-state index contributed by atoms with van der Waals surface area (Å²) in [7, 11) is 1.81. The van der Waals surface area contributed by atoms with E-state index in [-0.39, 0.29) is 29.4 Å². The fraction of sp³-hybridized carbons (Fsp3) is 0.579. The molecule has 2 amide bonds. The molecule has 1 aliphatic rings.